The van der Waals surface area contributed by atoms with E-state index >= 15 is 0 Å². The summed E-state index contributed by atoms with van der Waals surface area (Å²) < 4.78 is 0. The lowest BCUT2D eigenvalue weighted by Gasteiger charge is -2.41. The van der Waals surface area contributed by atoms with Crippen LogP contribution in [0.5, 0.6) is 0 Å². The SMILES string of the molecule is CC1C2CCC34C1C3(CC1(C)C3CCC(C3)C1C)C24. The van der Waals surface area contributed by atoms with Gasteiger partial charge in [0.15, 0.2) is 0 Å². The van der Waals surface area contributed by atoms with Gasteiger partial charge in [0.1, 0.15) is 0 Å². The van der Waals surface area contributed by atoms with Crippen LogP contribution in [-0.4, -0.2) is 0 Å². The molecule has 0 aromatic heterocycles. The molecule has 0 N–H and O–H groups in total. The van der Waals surface area contributed by atoms with Crippen LogP contribution in [0.1, 0.15) is 59.3 Å². The highest BCUT2D eigenvalue weighted by molar-refractivity contribution is 5.51. The molecule has 6 bridgehead atoms. The van der Waals surface area contributed by atoms with Gasteiger partial charge in [-0.05, 0) is 96.2 Å². The largest absolute Gasteiger partial charge is 0.0619 e. The van der Waals surface area contributed by atoms with Crippen molar-refractivity contribution in [3.05, 3.63) is 0 Å². The van der Waals surface area contributed by atoms with Crippen molar-refractivity contribution in [2.24, 2.45) is 57.7 Å². The van der Waals surface area contributed by atoms with Crippen molar-refractivity contribution < 1.29 is 0 Å². The van der Waals surface area contributed by atoms with Crippen molar-refractivity contribution in [1.29, 1.82) is 0 Å². The molecule has 0 aromatic rings. The van der Waals surface area contributed by atoms with Gasteiger partial charge in [-0.15, -0.1) is 0 Å². The van der Waals surface area contributed by atoms with Crippen LogP contribution in [0.2, 0.25) is 0 Å². The minimum Gasteiger partial charge on any atom is -0.0619 e. The normalized spacial score (nSPS) is 77.5. The lowest BCUT2D eigenvalue weighted by molar-refractivity contribution is 0.0767. The van der Waals surface area contributed by atoms with Crippen LogP contribution in [0, 0.1) is 57.7 Å². The number of fused-ring (bicyclic) bond motifs is 2. The average Bonchev–Trinajstić information content (AvgIpc) is 2.85. The van der Waals surface area contributed by atoms with Gasteiger partial charge >= 0.3 is 0 Å². The maximum Gasteiger partial charge on any atom is -0.0156 e. The molecule has 10 atom stereocenters. The monoisotopic (exact) mass is 256 g/mol. The Bertz CT molecular complexity index is 480. The molecule has 0 amide bonds. The van der Waals surface area contributed by atoms with Crippen molar-refractivity contribution in [2.45, 2.75) is 59.3 Å². The molecule has 0 nitrogen and oxygen atoms in total. The molecule has 7 aliphatic carbocycles. The minimum absolute atomic E-state index is 0.740. The lowest BCUT2D eigenvalue weighted by Crippen LogP contribution is -2.34. The topological polar surface area (TPSA) is 0 Å². The Labute approximate surface area is 117 Å². The molecule has 10 unspecified atom stereocenters. The van der Waals surface area contributed by atoms with E-state index in [0.717, 1.165) is 39.9 Å². The molecule has 7 saturated carbocycles. The Hall–Kier alpha value is 0. The van der Waals surface area contributed by atoms with E-state index in [1.165, 1.54) is 17.8 Å². The number of hydrogen-bond acceptors (Lipinski definition) is 0. The summed E-state index contributed by atoms with van der Waals surface area (Å²) >= 11 is 0. The zero-order chi connectivity index (χ0) is 12.8. The van der Waals surface area contributed by atoms with Crippen LogP contribution >= 0.6 is 0 Å². The van der Waals surface area contributed by atoms with Gasteiger partial charge in [-0.25, -0.2) is 0 Å². The summed E-state index contributed by atoms with van der Waals surface area (Å²) in [7, 11) is 0. The Morgan fingerprint density at radius 2 is 1.89 bits per heavy atom. The zero-order valence-corrected chi connectivity index (χ0v) is 12.8. The van der Waals surface area contributed by atoms with Crippen LogP contribution in [0.15, 0.2) is 0 Å². The van der Waals surface area contributed by atoms with Gasteiger partial charge in [-0.3, -0.25) is 0 Å². The summed E-state index contributed by atoms with van der Waals surface area (Å²) in [4.78, 5) is 0. The van der Waals surface area contributed by atoms with Crippen LogP contribution in [0.3, 0.4) is 0 Å². The standard InChI is InChI=1S/C19H28/c1-10-14-6-7-18-15(10)19(18,16(14)18)9-17(3)11(2)12-4-5-13(17)8-12/h10-16H,4-9H2,1-3H3. The second-order valence-corrected chi connectivity index (χ2v) is 9.84. The van der Waals surface area contributed by atoms with Gasteiger partial charge in [0.05, 0.1) is 0 Å². The summed E-state index contributed by atoms with van der Waals surface area (Å²) in [5.41, 5.74) is 2.61. The van der Waals surface area contributed by atoms with Gasteiger partial charge in [0.25, 0.3) is 0 Å². The van der Waals surface area contributed by atoms with Gasteiger partial charge in [0, 0.05) is 0 Å². The Morgan fingerprint density at radius 3 is 2.47 bits per heavy atom. The summed E-state index contributed by atoms with van der Waals surface area (Å²) in [6.45, 7) is 7.92. The third-order valence-corrected chi connectivity index (χ3v) is 10.3. The first-order valence-electron chi connectivity index (χ1n) is 9.07. The fraction of sp³-hybridized carbons (Fsp3) is 1.00. The third-order valence-electron chi connectivity index (χ3n) is 10.3. The highest BCUT2D eigenvalue weighted by Crippen LogP contribution is 3.08. The maximum absolute atomic E-state index is 2.71. The van der Waals surface area contributed by atoms with Crippen molar-refractivity contribution in [1.82, 2.24) is 0 Å². The third kappa shape index (κ3) is 0.757. The highest BCUT2D eigenvalue weighted by atomic mass is 15.1. The van der Waals surface area contributed by atoms with E-state index in [-0.39, 0.29) is 0 Å². The molecule has 19 heavy (non-hydrogen) atoms. The van der Waals surface area contributed by atoms with E-state index < -0.39 is 0 Å². The molecule has 7 aliphatic rings. The molecule has 1 spiro atoms. The van der Waals surface area contributed by atoms with Crippen LogP contribution < -0.4 is 0 Å². The second kappa shape index (κ2) is 2.57. The van der Waals surface area contributed by atoms with Crippen LogP contribution in [-0.2, 0) is 0 Å². The molecule has 0 heteroatoms. The van der Waals surface area contributed by atoms with E-state index in [1.54, 1.807) is 38.5 Å². The molecule has 7 fully saturated rings. The number of rotatable bonds is 2. The van der Waals surface area contributed by atoms with Crippen molar-refractivity contribution >= 4 is 0 Å². The Balaban J connectivity index is 1.36. The predicted molar refractivity (Wildman–Crippen MR) is 76.5 cm³/mol. The summed E-state index contributed by atoms with van der Waals surface area (Å²) in [5, 5.41) is 0. The minimum atomic E-state index is 0.740. The van der Waals surface area contributed by atoms with E-state index in [4.69, 9.17) is 0 Å². The van der Waals surface area contributed by atoms with Crippen molar-refractivity contribution in [3.8, 4) is 0 Å². The highest BCUT2D eigenvalue weighted by Gasteiger charge is 3.04. The van der Waals surface area contributed by atoms with Crippen LogP contribution in [0.25, 0.3) is 0 Å². The molecule has 0 aliphatic heterocycles. The molecule has 0 aromatic carbocycles. The second-order valence-electron chi connectivity index (χ2n) is 9.84. The fourth-order valence-corrected chi connectivity index (χ4v) is 9.59. The molecule has 104 valence electrons. The summed E-state index contributed by atoms with van der Waals surface area (Å²) in [6, 6.07) is 0. The van der Waals surface area contributed by atoms with Gasteiger partial charge in [0.2, 0.25) is 0 Å². The summed E-state index contributed by atoms with van der Waals surface area (Å²) in [6.07, 6.45) is 9.61. The Morgan fingerprint density at radius 1 is 1.05 bits per heavy atom. The first-order valence-corrected chi connectivity index (χ1v) is 9.07. The smallest absolute Gasteiger partial charge is 0.0156 e. The zero-order valence-electron chi connectivity index (χ0n) is 12.8. The lowest BCUT2D eigenvalue weighted by atomic mass is 9.64. The molecule has 0 saturated heterocycles. The fourth-order valence-electron chi connectivity index (χ4n) is 9.59. The Kier molecular flexibility index (Phi) is 1.45. The van der Waals surface area contributed by atoms with Gasteiger partial charge in [-0.2, -0.15) is 0 Å². The summed E-state index contributed by atoms with van der Waals surface area (Å²) in [5.74, 6) is 7.95. The predicted octanol–water partition coefficient (Wildman–Crippen LogP) is 4.74. The van der Waals surface area contributed by atoms with E-state index in [1.807, 2.05) is 0 Å². The van der Waals surface area contributed by atoms with E-state index in [9.17, 15) is 0 Å². The first kappa shape index (κ1) is 10.7. The first-order chi connectivity index (χ1) is 9.07. The van der Waals surface area contributed by atoms with Crippen LogP contribution in [0.4, 0.5) is 0 Å². The molecule has 0 radical (unpaired) electrons. The van der Waals surface area contributed by atoms with E-state index in [0.29, 0.717) is 0 Å². The number of hydrogen-bond donors (Lipinski definition) is 0. The average molecular weight is 256 g/mol. The maximum atomic E-state index is 2.71. The molecule has 7 rings (SSSR count). The quantitative estimate of drug-likeness (QED) is 0.669. The van der Waals surface area contributed by atoms with E-state index in [2.05, 4.69) is 20.8 Å². The molecular weight excluding hydrogens is 228 g/mol. The van der Waals surface area contributed by atoms with Gasteiger partial charge < -0.3 is 0 Å². The van der Waals surface area contributed by atoms with Gasteiger partial charge in [-0.1, -0.05) is 20.8 Å². The molecular formula is C19H28. The van der Waals surface area contributed by atoms with Crippen molar-refractivity contribution in [2.75, 3.05) is 0 Å². The molecule has 0 heterocycles. The van der Waals surface area contributed by atoms with Crippen molar-refractivity contribution in [3.63, 3.8) is 0 Å².